The minimum Gasteiger partial charge on any atom is -0.481 e. The van der Waals surface area contributed by atoms with E-state index in [9.17, 15) is 4.79 Å². The molecule has 4 heteroatoms. The third kappa shape index (κ3) is 4.81. The van der Waals surface area contributed by atoms with E-state index in [0.29, 0.717) is 11.4 Å². The summed E-state index contributed by atoms with van der Waals surface area (Å²) in [5.74, 6) is 0.563. The first-order valence-corrected chi connectivity index (χ1v) is 6.77. The molecule has 19 heavy (non-hydrogen) atoms. The maximum absolute atomic E-state index is 12.0. The number of carbonyl (C=O) groups excluding carboxylic acids is 1. The second kappa shape index (κ2) is 7.02. The summed E-state index contributed by atoms with van der Waals surface area (Å²) in [6.07, 6.45) is 1.49. The topological polar surface area (TPSA) is 64.3 Å². The smallest absolute Gasteiger partial charge is 0.260 e. The summed E-state index contributed by atoms with van der Waals surface area (Å²) in [4.78, 5) is 12.0. The van der Waals surface area contributed by atoms with Gasteiger partial charge in [0.2, 0.25) is 0 Å². The van der Waals surface area contributed by atoms with E-state index in [4.69, 9.17) is 10.5 Å². The fraction of sp³-hybridized carbons (Fsp3) is 0.533. The second-order valence-electron chi connectivity index (χ2n) is 4.98. The van der Waals surface area contributed by atoms with Crippen molar-refractivity contribution in [1.82, 2.24) is 5.32 Å². The average molecular weight is 264 g/mol. The van der Waals surface area contributed by atoms with Gasteiger partial charge >= 0.3 is 0 Å². The first-order valence-electron chi connectivity index (χ1n) is 6.77. The van der Waals surface area contributed by atoms with Gasteiger partial charge in [-0.05, 0) is 38.8 Å². The molecule has 0 radical (unpaired) electrons. The van der Waals surface area contributed by atoms with Crippen LogP contribution in [-0.2, 0) is 4.79 Å². The van der Waals surface area contributed by atoms with E-state index >= 15 is 0 Å². The van der Waals surface area contributed by atoms with Crippen molar-refractivity contribution >= 4 is 11.6 Å². The Morgan fingerprint density at radius 1 is 1.42 bits per heavy atom. The Bertz CT molecular complexity index is 432. The van der Waals surface area contributed by atoms with Crippen molar-refractivity contribution in [2.24, 2.45) is 0 Å². The largest absolute Gasteiger partial charge is 0.481 e. The van der Waals surface area contributed by atoms with E-state index in [2.05, 4.69) is 12.2 Å². The van der Waals surface area contributed by atoms with E-state index in [1.54, 1.807) is 13.0 Å². The molecule has 0 saturated heterocycles. The number of carbonyl (C=O) groups is 1. The van der Waals surface area contributed by atoms with Crippen molar-refractivity contribution in [3.8, 4) is 5.75 Å². The molecule has 0 aliphatic rings. The maximum atomic E-state index is 12.0. The Labute approximate surface area is 115 Å². The molecule has 0 spiro atoms. The van der Waals surface area contributed by atoms with Crippen molar-refractivity contribution in [2.45, 2.75) is 52.7 Å². The highest BCUT2D eigenvalue weighted by atomic mass is 16.5. The van der Waals surface area contributed by atoms with E-state index in [-0.39, 0.29) is 11.9 Å². The number of hydrogen-bond donors (Lipinski definition) is 2. The molecule has 0 fully saturated rings. The number of anilines is 1. The average Bonchev–Trinajstić information content (AvgIpc) is 2.34. The maximum Gasteiger partial charge on any atom is 0.260 e. The summed E-state index contributed by atoms with van der Waals surface area (Å²) < 4.78 is 5.67. The number of rotatable bonds is 6. The standard InChI is InChI=1S/C15H24N2O2/c1-5-6-11(3)17-15(18)12(4)19-14-9-13(16)8-7-10(14)2/h7-9,11-12H,5-6,16H2,1-4H3,(H,17,18). The Hall–Kier alpha value is -1.71. The number of ether oxygens (including phenoxy) is 1. The Balaban J connectivity index is 2.61. The zero-order chi connectivity index (χ0) is 14.4. The first kappa shape index (κ1) is 15.3. The van der Waals surface area contributed by atoms with E-state index in [1.807, 2.05) is 26.0 Å². The van der Waals surface area contributed by atoms with Crippen LogP contribution in [-0.4, -0.2) is 18.1 Å². The van der Waals surface area contributed by atoms with Crippen molar-refractivity contribution in [2.75, 3.05) is 5.73 Å². The summed E-state index contributed by atoms with van der Waals surface area (Å²) in [7, 11) is 0. The number of nitrogens with one attached hydrogen (secondary N) is 1. The molecule has 1 aromatic carbocycles. The van der Waals surface area contributed by atoms with Crippen molar-refractivity contribution in [3.05, 3.63) is 23.8 Å². The lowest BCUT2D eigenvalue weighted by Gasteiger charge is -2.19. The Kier molecular flexibility index (Phi) is 5.67. The molecule has 106 valence electrons. The van der Waals surface area contributed by atoms with Gasteiger partial charge in [-0.15, -0.1) is 0 Å². The number of hydrogen-bond acceptors (Lipinski definition) is 3. The molecule has 0 aliphatic heterocycles. The van der Waals surface area contributed by atoms with E-state index in [1.165, 1.54) is 0 Å². The summed E-state index contributed by atoms with van der Waals surface area (Å²) in [5, 5.41) is 2.94. The summed E-state index contributed by atoms with van der Waals surface area (Å²) in [5.41, 5.74) is 7.32. The summed E-state index contributed by atoms with van der Waals surface area (Å²) in [6.45, 7) is 7.77. The molecule has 0 aromatic heterocycles. The number of aryl methyl sites for hydroxylation is 1. The Morgan fingerprint density at radius 2 is 2.11 bits per heavy atom. The summed E-state index contributed by atoms with van der Waals surface area (Å²) in [6, 6.07) is 5.62. The predicted octanol–water partition coefficient (Wildman–Crippen LogP) is 2.65. The van der Waals surface area contributed by atoms with E-state index in [0.717, 1.165) is 18.4 Å². The highest BCUT2D eigenvalue weighted by Crippen LogP contribution is 2.22. The zero-order valence-electron chi connectivity index (χ0n) is 12.2. The van der Waals surface area contributed by atoms with Crippen LogP contribution in [0, 0.1) is 6.92 Å². The van der Waals surface area contributed by atoms with Crippen molar-refractivity contribution < 1.29 is 9.53 Å². The fourth-order valence-corrected chi connectivity index (χ4v) is 1.85. The zero-order valence-corrected chi connectivity index (χ0v) is 12.2. The van der Waals surface area contributed by atoms with Gasteiger partial charge in [0.05, 0.1) is 0 Å². The molecular formula is C15H24N2O2. The van der Waals surface area contributed by atoms with Crippen LogP contribution in [0.3, 0.4) is 0 Å². The number of nitrogens with two attached hydrogens (primary N) is 1. The molecule has 2 atom stereocenters. The third-order valence-electron chi connectivity index (χ3n) is 3.00. The molecule has 1 rings (SSSR count). The van der Waals surface area contributed by atoms with Crippen LogP contribution in [0.2, 0.25) is 0 Å². The molecule has 2 unspecified atom stereocenters. The van der Waals surface area contributed by atoms with Gasteiger partial charge < -0.3 is 15.8 Å². The van der Waals surface area contributed by atoms with Crippen LogP contribution < -0.4 is 15.8 Å². The number of amides is 1. The molecular weight excluding hydrogens is 240 g/mol. The van der Waals surface area contributed by atoms with Gasteiger partial charge in [0.15, 0.2) is 6.10 Å². The van der Waals surface area contributed by atoms with Crippen LogP contribution in [0.15, 0.2) is 18.2 Å². The lowest BCUT2D eigenvalue weighted by atomic mass is 10.2. The third-order valence-corrected chi connectivity index (χ3v) is 3.00. The van der Waals surface area contributed by atoms with Gasteiger partial charge in [-0.1, -0.05) is 19.4 Å². The van der Waals surface area contributed by atoms with Gasteiger partial charge in [-0.3, -0.25) is 4.79 Å². The van der Waals surface area contributed by atoms with Crippen LogP contribution in [0.4, 0.5) is 5.69 Å². The quantitative estimate of drug-likeness (QED) is 0.776. The summed E-state index contributed by atoms with van der Waals surface area (Å²) >= 11 is 0. The SMILES string of the molecule is CCCC(C)NC(=O)C(C)Oc1cc(N)ccc1C. The van der Waals surface area contributed by atoms with Gasteiger partial charge in [0.25, 0.3) is 5.91 Å². The fourth-order valence-electron chi connectivity index (χ4n) is 1.85. The van der Waals surface area contributed by atoms with Crippen LogP contribution in [0.25, 0.3) is 0 Å². The number of benzene rings is 1. The molecule has 1 amide bonds. The highest BCUT2D eigenvalue weighted by Gasteiger charge is 2.17. The van der Waals surface area contributed by atoms with Crippen molar-refractivity contribution in [3.63, 3.8) is 0 Å². The normalized spacial score (nSPS) is 13.7. The van der Waals surface area contributed by atoms with Gasteiger partial charge in [0, 0.05) is 17.8 Å². The van der Waals surface area contributed by atoms with Gasteiger partial charge in [0.1, 0.15) is 5.75 Å². The van der Waals surface area contributed by atoms with Crippen LogP contribution >= 0.6 is 0 Å². The van der Waals surface area contributed by atoms with Gasteiger partial charge in [-0.2, -0.15) is 0 Å². The highest BCUT2D eigenvalue weighted by molar-refractivity contribution is 5.81. The van der Waals surface area contributed by atoms with Crippen LogP contribution in [0.1, 0.15) is 39.2 Å². The van der Waals surface area contributed by atoms with E-state index < -0.39 is 6.10 Å². The van der Waals surface area contributed by atoms with Crippen LogP contribution in [0.5, 0.6) is 5.75 Å². The van der Waals surface area contributed by atoms with Crippen molar-refractivity contribution in [1.29, 1.82) is 0 Å². The molecule has 0 heterocycles. The Morgan fingerprint density at radius 3 is 2.74 bits per heavy atom. The molecule has 0 saturated carbocycles. The molecule has 1 aromatic rings. The second-order valence-corrected chi connectivity index (χ2v) is 4.98. The van der Waals surface area contributed by atoms with Gasteiger partial charge in [-0.25, -0.2) is 0 Å². The molecule has 0 aliphatic carbocycles. The lowest BCUT2D eigenvalue weighted by molar-refractivity contribution is -0.127. The molecule has 0 bridgehead atoms. The predicted molar refractivity (Wildman–Crippen MR) is 78.2 cm³/mol. The lowest BCUT2D eigenvalue weighted by Crippen LogP contribution is -2.41. The molecule has 3 N–H and O–H groups in total. The first-order chi connectivity index (χ1) is 8.93. The number of nitrogen functional groups attached to an aromatic ring is 1. The monoisotopic (exact) mass is 264 g/mol. The minimum atomic E-state index is -0.528. The minimum absolute atomic E-state index is 0.0947. The molecule has 4 nitrogen and oxygen atoms in total.